The van der Waals surface area contributed by atoms with Gasteiger partial charge in [0.1, 0.15) is 0 Å². The van der Waals surface area contributed by atoms with Gasteiger partial charge in [0.15, 0.2) is 0 Å². The van der Waals surface area contributed by atoms with Gasteiger partial charge in [0.25, 0.3) is 0 Å². The predicted octanol–water partition coefficient (Wildman–Crippen LogP) is 2.83. The first-order valence-corrected chi connectivity index (χ1v) is 4.89. The zero-order valence-corrected chi connectivity index (χ0v) is 8.70. The number of aryl methyl sites for hydroxylation is 1. The SMILES string of the molecule is Cc1cc(-c2ccccc2N)ccc1N. The second kappa shape index (κ2) is 3.65. The molecule has 0 amide bonds. The zero-order valence-electron chi connectivity index (χ0n) is 8.70. The zero-order chi connectivity index (χ0) is 10.8. The fraction of sp³-hybridized carbons (Fsp3) is 0.0769. The van der Waals surface area contributed by atoms with Gasteiger partial charge >= 0.3 is 0 Å². The molecular formula is C13H14N2. The van der Waals surface area contributed by atoms with Crippen LogP contribution in [0.2, 0.25) is 0 Å². The van der Waals surface area contributed by atoms with E-state index < -0.39 is 0 Å². The maximum Gasteiger partial charge on any atom is 0.0393 e. The van der Waals surface area contributed by atoms with Crippen molar-refractivity contribution in [3.8, 4) is 11.1 Å². The topological polar surface area (TPSA) is 52.0 Å². The van der Waals surface area contributed by atoms with E-state index in [4.69, 9.17) is 11.5 Å². The number of para-hydroxylation sites is 1. The van der Waals surface area contributed by atoms with Crippen LogP contribution in [0.1, 0.15) is 5.56 Å². The molecule has 0 unspecified atom stereocenters. The number of nitrogen functional groups attached to an aromatic ring is 2. The highest BCUT2D eigenvalue weighted by Crippen LogP contribution is 2.27. The summed E-state index contributed by atoms with van der Waals surface area (Å²) in [7, 11) is 0. The fourth-order valence-corrected chi connectivity index (χ4v) is 1.60. The standard InChI is InChI=1S/C13H14N2/c1-9-8-10(6-7-12(9)14)11-4-2-3-5-13(11)15/h2-8H,14-15H2,1H3. The lowest BCUT2D eigenvalue weighted by Gasteiger charge is -2.07. The van der Waals surface area contributed by atoms with E-state index in [0.29, 0.717) is 0 Å². The lowest BCUT2D eigenvalue weighted by molar-refractivity contribution is 1.46. The average Bonchev–Trinajstić information content (AvgIpc) is 2.23. The van der Waals surface area contributed by atoms with Crippen molar-refractivity contribution >= 4 is 11.4 Å². The second-order valence-corrected chi connectivity index (χ2v) is 3.66. The van der Waals surface area contributed by atoms with Crippen molar-refractivity contribution in [2.45, 2.75) is 6.92 Å². The van der Waals surface area contributed by atoms with E-state index in [2.05, 4.69) is 6.07 Å². The number of nitrogens with two attached hydrogens (primary N) is 2. The molecule has 0 aliphatic carbocycles. The molecule has 0 fully saturated rings. The van der Waals surface area contributed by atoms with Crippen LogP contribution in [0.15, 0.2) is 42.5 Å². The first-order valence-electron chi connectivity index (χ1n) is 4.89. The summed E-state index contributed by atoms with van der Waals surface area (Å²) in [5.41, 5.74) is 16.5. The highest BCUT2D eigenvalue weighted by Gasteiger charge is 2.02. The summed E-state index contributed by atoms with van der Waals surface area (Å²) in [6.45, 7) is 2.00. The van der Waals surface area contributed by atoms with Crippen LogP contribution in [0.5, 0.6) is 0 Å². The maximum atomic E-state index is 5.91. The quantitative estimate of drug-likeness (QED) is 0.692. The number of benzene rings is 2. The molecule has 0 bridgehead atoms. The van der Waals surface area contributed by atoms with E-state index in [1.54, 1.807) is 0 Å². The summed E-state index contributed by atoms with van der Waals surface area (Å²) in [5.74, 6) is 0. The molecule has 0 saturated heterocycles. The number of anilines is 2. The van der Waals surface area contributed by atoms with E-state index in [-0.39, 0.29) is 0 Å². The van der Waals surface area contributed by atoms with Crippen molar-refractivity contribution in [3.05, 3.63) is 48.0 Å². The van der Waals surface area contributed by atoms with Gasteiger partial charge < -0.3 is 11.5 Å². The maximum absolute atomic E-state index is 5.91. The summed E-state index contributed by atoms with van der Waals surface area (Å²) in [6, 6.07) is 13.8. The van der Waals surface area contributed by atoms with Crippen molar-refractivity contribution in [1.82, 2.24) is 0 Å². The molecule has 0 aromatic heterocycles. The third kappa shape index (κ3) is 1.79. The van der Waals surface area contributed by atoms with Gasteiger partial charge in [0.2, 0.25) is 0 Å². The lowest BCUT2D eigenvalue weighted by Crippen LogP contribution is -1.92. The van der Waals surface area contributed by atoms with Crippen LogP contribution in [0.4, 0.5) is 11.4 Å². The van der Waals surface area contributed by atoms with Gasteiger partial charge in [-0.1, -0.05) is 24.3 Å². The Morgan fingerprint density at radius 3 is 2.27 bits per heavy atom. The normalized spacial score (nSPS) is 10.2. The number of rotatable bonds is 1. The van der Waals surface area contributed by atoms with E-state index in [9.17, 15) is 0 Å². The van der Waals surface area contributed by atoms with Crippen molar-refractivity contribution < 1.29 is 0 Å². The van der Waals surface area contributed by atoms with Gasteiger partial charge in [0.05, 0.1) is 0 Å². The Labute approximate surface area is 89.5 Å². The fourth-order valence-electron chi connectivity index (χ4n) is 1.60. The molecule has 2 nitrogen and oxygen atoms in total. The van der Waals surface area contributed by atoms with Crippen LogP contribution < -0.4 is 11.5 Å². The van der Waals surface area contributed by atoms with E-state index >= 15 is 0 Å². The Morgan fingerprint density at radius 1 is 0.867 bits per heavy atom. The molecule has 0 aliphatic heterocycles. The third-order valence-electron chi connectivity index (χ3n) is 2.54. The van der Waals surface area contributed by atoms with E-state index in [1.807, 2.05) is 43.3 Å². The van der Waals surface area contributed by atoms with Gasteiger partial charge in [-0.15, -0.1) is 0 Å². The second-order valence-electron chi connectivity index (χ2n) is 3.66. The van der Waals surface area contributed by atoms with Gasteiger partial charge in [-0.2, -0.15) is 0 Å². The Balaban J connectivity index is 2.55. The minimum absolute atomic E-state index is 0.793. The summed E-state index contributed by atoms with van der Waals surface area (Å²) in [5, 5.41) is 0. The molecule has 0 atom stereocenters. The molecule has 2 rings (SSSR count). The number of hydrogen-bond acceptors (Lipinski definition) is 2. The van der Waals surface area contributed by atoms with E-state index in [1.165, 1.54) is 0 Å². The smallest absolute Gasteiger partial charge is 0.0393 e. The Bertz CT molecular complexity index is 490. The summed E-state index contributed by atoms with van der Waals surface area (Å²) < 4.78 is 0. The highest BCUT2D eigenvalue weighted by atomic mass is 14.6. The predicted molar refractivity (Wildman–Crippen MR) is 65.4 cm³/mol. The molecule has 0 radical (unpaired) electrons. The van der Waals surface area contributed by atoms with Crippen LogP contribution in [0.25, 0.3) is 11.1 Å². The van der Waals surface area contributed by atoms with Crippen LogP contribution in [-0.4, -0.2) is 0 Å². The Morgan fingerprint density at radius 2 is 1.60 bits per heavy atom. The van der Waals surface area contributed by atoms with Crippen molar-refractivity contribution in [3.63, 3.8) is 0 Å². The first-order chi connectivity index (χ1) is 7.18. The van der Waals surface area contributed by atoms with Crippen molar-refractivity contribution in [1.29, 1.82) is 0 Å². The van der Waals surface area contributed by atoms with Gasteiger partial charge in [-0.05, 0) is 36.2 Å². The molecule has 2 heteroatoms. The third-order valence-corrected chi connectivity index (χ3v) is 2.54. The minimum Gasteiger partial charge on any atom is -0.399 e. The summed E-state index contributed by atoms with van der Waals surface area (Å²) in [6.07, 6.45) is 0. The summed E-state index contributed by atoms with van der Waals surface area (Å²) in [4.78, 5) is 0. The minimum atomic E-state index is 0.793. The molecule has 0 heterocycles. The van der Waals surface area contributed by atoms with Crippen LogP contribution in [0, 0.1) is 6.92 Å². The monoisotopic (exact) mass is 198 g/mol. The highest BCUT2D eigenvalue weighted by molar-refractivity contribution is 5.77. The van der Waals surface area contributed by atoms with Gasteiger partial charge in [0, 0.05) is 16.9 Å². The lowest BCUT2D eigenvalue weighted by atomic mass is 10.0. The van der Waals surface area contributed by atoms with Crippen LogP contribution in [0.3, 0.4) is 0 Å². The molecule has 0 aliphatic rings. The largest absolute Gasteiger partial charge is 0.399 e. The van der Waals surface area contributed by atoms with Gasteiger partial charge in [-0.3, -0.25) is 0 Å². The molecule has 2 aromatic carbocycles. The van der Waals surface area contributed by atoms with Gasteiger partial charge in [-0.25, -0.2) is 0 Å². The van der Waals surface area contributed by atoms with Crippen molar-refractivity contribution in [2.75, 3.05) is 11.5 Å². The van der Waals surface area contributed by atoms with Crippen LogP contribution in [-0.2, 0) is 0 Å². The molecule has 0 saturated carbocycles. The molecule has 2 aromatic rings. The first kappa shape index (κ1) is 9.59. The molecule has 4 N–H and O–H groups in total. The molecule has 76 valence electrons. The van der Waals surface area contributed by atoms with E-state index in [0.717, 1.165) is 28.1 Å². The summed E-state index contributed by atoms with van der Waals surface area (Å²) >= 11 is 0. The molecule has 15 heavy (non-hydrogen) atoms. The van der Waals surface area contributed by atoms with Crippen LogP contribution >= 0.6 is 0 Å². The Hall–Kier alpha value is -1.96. The van der Waals surface area contributed by atoms with Crippen molar-refractivity contribution in [2.24, 2.45) is 0 Å². The Kier molecular flexibility index (Phi) is 2.34. The average molecular weight is 198 g/mol. The molecular weight excluding hydrogens is 184 g/mol. The molecule has 0 spiro atoms. The number of hydrogen-bond donors (Lipinski definition) is 2.